The van der Waals surface area contributed by atoms with Crippen LogP contribution in [0.1, 0.15) is 44.9 Å². The van der Waals surface area contributed by atoms with Gasteiger partial charge in [-0.2, -0.15) is 0 Å². The number of nitrogens with one attached hydrogen (secondary N) is 1. The molecule has 3 aliphatic rings. The molecule has 7 heteroatoms. The van der Waals surface area contributed by atoms with Crippen molar-refractivity contribution in [3.05, 3.63) is 0 Å². The Balaban J connectivity index is 0.00000243. The molecule has 0 aromatic carbocycles. The highest BCUT2D eigenvalue weighted by Gasteiger charge is 2.43. The normalized spacial score (nSPS) is 25.1. The first-order valence-corrected chi connectivity index (χ1v) is 9.95. The van der Waals surface area contributed by atoms with Crippen molar-refractivity contribution < 1.29 is 4.79 Å². The smallest absolute Gasteiger partial charge is 0.239 e. The molecule has 2 aliphatic heterocycles. The molecule has 0 aromatic heterocycles. The minimum absolute atomic E-state index is 0. The summed E-state index contributed by atoms with van der Waals surface area (Å²) in [6, 6.07) is 0.0892. The molecule has 0 aromatic rings. The maximum Gasteiger partial charge on any atom is 0.239 e. The van der Waals surface area contributed by atoms with Gasteiger partial charge in [0.25, 0.3) is 0 Å². The summed E-state index contributed by atoms with van der Waals surface area (Å²) in [6.45, 7) is 5.28. The van der Waals surface area contributed by atoms with Crippen molar-refractivity contribution in [3.63, 3.8) is 0 Å². The van der Waals surface area contributed by atoms with Gasteiger partial charge in [0, 0.05) is 47.3 Å². The van der Waals surface area contributed by atoms with Crippen LogP contribution in [0, 0.1) is 5.41 Å². The van der Waals surface area contributed by atoms with E-state index < -0.39 is 0 Å². The molecule has 1 N–H and O–H groups in total. The lowest BCUT2D eigenvalue weighted by atomic mass is 9.68. The van der Waals surface area contributed by atoms with Gasteiger partial charge >= 0.3 is 0 Å². The van der Waals surface area contributed by atoms with Crippen LogP contribution in [-0.2, 0) is 4.79 Å². The van der Waals surface area contributed by atoms with Gasteiger partial charge in [0.05, 0.1) is 6.04 Å². The van der Waals surface area contributed by atoms with E-state index in [1.807, 2.05) is 21.1 Å². The number of halogens is 1. The van der Waals surface area contributed by atoms with Crippen molar-refractivity contribution in [1.82, 2.24) is 20.0 Å². The van der Waals surface area contributed by atoms with Crippen molar-refractivity contribution in [3.8, 4) is 0 Å². The Kier molecular flexibility index (Phi) is 8.00. The Morgan fingerprint density at radius 2 is 2.00 bits per heavy atom. The number of aliphatic imine (C=N–C) groups is 1. The average Bonchev–Trinajstić information content (AvgIpc) is 3.20. The molecule has 1 saturated carbocycles. The van der Waals surface area contributed by atoms with Gasteiger partial charge in [0.15, 0.2) is 5.96 Å². The molecule has 0 radical (unpaired) electrons. The molecule has 6 nitrogen and oxygen atoms in total. The second-order valence-electron chi connectivity index (χ2n) is 8.28. The first-order chi connectivity index (χ1) is 12.0. The van der Waals surface area contributed by atoms with E-state index >= 15 is 0 Å². The highest BCUT2D eigenvalue weighted by atomic mass is 127. The van der Waals surface area contributed by atoms with E-state index in [0.29, 0.717) is 5.41 Å². The Labute approximate surface area is 175 Å². The van der Waals surface area contributed by atoms with Gasteiger partial charge in [-0.05, 0) is 50.5 Å². The molecule has 3 rings (SSSR count). The van der Waals surface area contributed by atoms with Crippen molar-refractivity contribution >= 4 is 35.8 Å². The lowest BCUT2D eigenvalue weighted by Crippen LogP contribution is -2.45. The third kappa shape index (κ3) is 4.82. The quantitative estimate of drug-likeness (QED) is 0.285. The van der Waals surface area contributed by atoms with Gasteiger partial charge in [-0.1, -0.05) is 6.42 Å². The maximum absolute atomic E-state index is 12.3. The average molecular weight is 477 g/mol. The summed E-state index contributed by atoms with van der Waals surface area (Å²) in [6.07, 6.45) is 8.72. The Bertz CT molecular complexity index is 506. The zero-order chi connectivity index (χ0) is 17.9. The summed E-state index contributed by atoms with van der Waals surface area (Å²) < 4.78 is 0. The largest absolute Gasteiger partial charge is 0.356 e. The molecule has 150 valence electrons. The number of likely N-dealkylation sites (N-methyl/N-ethyl adjacent to an activating group) is 1. The summed E-state index contributed by atoms with van der Waals surface area (Å²) >= 11 is 0. The molecule has 1 spiro atoms. The Morgan fingerprint density at radius 1 is 1.23 bits per heavy atom. The van der Waals surface area contributed by atoms with E-state index in [1.54, 1.807) is 4.90 Å². The molecule has 2 saturated heterocycles. The van der Waals surface area contributed by atoms with Crippen LogP contribution in [0.3, 0.4) is 0 Å². The minimum atomic E-state index is 0. The van der Waals surface area contributed by atoms with Gasteiger partial charge in [-0.25, -0.2) is 0 Å². The monoisotopic (exact) mass is 477 g/mol. The second-order valence-corrected chi connectivity index (χ2v) is 8.28. The van der Waals surface area contributed by atoms with Crippen molar-refractivity contribution in [2.75, 3.05) is 53.9 Å². The number of nitrogens with zero attached hydrogens (tertiary/aromatic N) is 4. The second kappa shape index (κ2) is 9.57. The number of hydrogen-bond acceptors (Lipinski definition) is 3. The van der Waals surface area contributed by atoms with E-state index in [9.17, 15) is 4.79 Å². The first kappa shape index (κ1) is 21.7. The van der Waals surface area contributed by atoms with E-state index in [-0.39, 0.29) is 35.9 Å². The van der Waals surface area contributed by atoms with Gasteiger partial charge in [0.1, 0.15) is 0 Å². The van der Waals surface area contributed by atoms with Gasteiger partial charge in [-0.15, -0.1) is 24.0 Å². The number of rotatable bonds is 5. The number of carbonyl (C=O) groups excluding carboxylic acids is 1. The van der Waals surface area contributed by atoms with E-state index in [2.05, 4.69) is 20.1 Å². The van der Waals surface area contributed by atoms with Gasteiger partial charge in [0.2, 0.25) is 5.91 Å². The highest BCUT2D eigenvalue weighted by molar-refractivity contribution is 14.0. The molecule has 1 atom stereocenters. The number of guanidine groups is 1. The summed E-state index contributed by atoms with van der Waals surface area (Å²) in [7, 11) is 5.60. The van der Waals surface area contributed by atoms with Crippen LogP contribution in [-0.4, -0.2) is 86.5 Å². The summed E-state index contributed by atoms with van der Waals surface area (Å²) in [5, 5.41) is 3.54. The first-order valence-electron chi connectivity index (χ1n) is 9.95. The molecule has 1 amide bonds. The number of likely N-dealkylation sites (tertiary alicyclic amines) is 2. The van der Waals surface area contributed by atoms with E-state index in [1.165, 1.54) is 32.2 Å². The van der Waals surface area contributed by atoms with Crippen LogP contribution in [0.5, 0.6) is 0 Å². The van der Waals surface area contributed by atoms with Crippen LogP contribution >= 0.6 is 24.0 Å². The lowest BCUT2D eigenvalue weighted by Gasteiger charge is -2.38. The van der Waals surface area contributed by atoms with Crippen molar-refractivity contribution in [2.45, 2.75) is 51.0 Å². The highest BCUT2D eigenvalue weighted by Crippen LogP contribution is 2.47. The predicted molar refractivity (Wildman–Crippen MR) is 117 cm³/mol. The third-order valence-corrected chi connectivity index (χ3v) is 6.36. The fourth-order valence-electron chi connectivity index (χ4n) is 4.69. The maximum atomic E-state index is 12.3. The molecule has 2 heterocycles. The number of carbonyl (C=O) groups is 1. The van der Waals surface area contributed by atoms with Crippen LogP contribution < -0.4 is 5.32 Å². The molecule has 1 aliphatic carbocycles. The third-order valence-electron chi connectivity index (χ3n) is 6.36. The summed E-state index contributed by atoms with van der Waals surface area (Å²) in [5.74, 6) is 1.32. The molecular weight excluding hydrogens is 441 g/mol. The Hall–Kier alpha value is -0.570. The van der Waals surface area contributed by atoms with Crippen molar-refractivity contribution in [1.29, 1.82) is 0 Å². The van der Waals surface area contributed by atoms with Crippen LogP contribution in [0.4, 0.5) is 0 Å². The topological polar surface area (TPSA) is 51.2 Å². The minimum Gasteiger partial charge on any atom is -0.356 e. The Morgan fingerprint density at radius 3 is 2.58 bits per heavy atom. The number of hydrogen-bond donors (Lipinski definition) is 1. The summed E-state index contributed by atoms with van der Waals surface area (Å²) in [4.78, 5) is 23.3. The molecule has 0 bridgehead atoms. The predicted octanol–water partition coefficient (Wildman–Crippen LogP) is 2.00. The standard InChI is InChI=1S/C19H35N5O.HI/c1-20-18(24-14-10-19(15-24)8-5-9-19)21-11-6-13-23-12-4-7-16(23)17(25)22(2)3;/h16H,4-15H2,1-3H3,(H,20,21);1H. The summed E-state index contributed by atoms with van der Waals surface area (Å²) in [5.41, 5.74) is 0.604. The van der Waals surface area contributed by atoms with Gasteiger partial charge in [-0.3, -0.25) is 14.7 Å². The molecular formula is C19H36IN5O. The van der Waals surface area contributed by atoms with Crippen LogP contribution in [0.25, 0.3) is 0 Å². The number of amides is 1. The van der Waals surface area contributed by atoms with E-state index in [0.717, 1.165) is 51.4 Å². The zero-order valence-electron chi connectivity index (χ0n) is 16.7. The fraction of sp³-hybridized carbons (Fsp3) is 0.895. The zero-order valence-corrected chi connectivity index (χ0v) is 19.0. The van der Waals surface area contributed by atoms with Crippen LogP contribution in [0.15, 0.2) is 4.99 Å². The van der Waals surface area contributed by atoms with Crippen LogP contribution in [0.2, 0.25) is 0 Å². The van der Waals surface area contributed by atoms with E-state index in [4.69, 9.17) is 0 Å². The fourth-order valence-corrected chi connectivity index (χ4v) is 4.69. The van der Waals surface area contributed by atoms with Crippen molar-refractivity contribution in [2.24, 2.45) is 10.4 Å². The molecule has 26 heavy (non-hydrogen) atoms. The molecule has 3 fully saturated rings. The van der Waals surface area contributed by atoms with Gasteiger partial charge < -0.3 is 15.1 Å². The molecule has 1 unspecified atom stereocenters. The lowest BCUT2D eigenvalue weighted by molar-refractivity contribution is -0.133. The SMILES string of the molecule is CN=C(NCCCN1CCCC1C(=O)N(C)C)N1CCC2(CCC2)C1.I.